The number of carboxylic acids is 1. The average Bonchev–Trinajstić information content (AvgIpc) is 3.09. The third-order valence-electron chi connectivity index (χ3n) is 6.40. The Hall–Kier alpha value is -3.79. The maximum absolute atomic E-state index is 12.9. The van der Waals surface area contributed by atoms with Crippen LogP contribution in [0.3, 0.4) is 0 Å². The highest BCUT2D eigenvalue weighted by atomic mass is 16.5. The Morgan fingerprint density at radius 1 is 1.15 bits per heavy atom. The van der Waals surface area contributed by atoms with Crippen molar-refractivity contribution in [3.8, 4) is 23.5 Å². The predicted molar refractivity (Wildman–Crippen MR) is 122 cm³/mol. The summed E-state index contributed by atoms with van der Waals surface area (Å²) in [5.74, 6) is 0.663. The highest BCUT2D eigenvalue weighted by molar-refractivity contribution is 5.91. The van der Waals surface area contributed by atoms with Crippen LogP contribution in [0.5, 0.6) is 0 Å². The van der Waals surface area contributed by atoms with Gasteiger partial charge in [-0.1, -0.05) is 62.4 Å². The van der Waals surface area contributed by atoms with E-state index in [2.05, 4.69) is 11.2 Å². The molecule has 2 atom stereocenters. The largest absolute Gasteiger partial charge is 0.480 e. The first-order chi connectivity index (χ1) is 15.7. The molecule has 2 aliphatic rings. The molecule has 7 heteroatoms. The molecule has 170 valence electrons. The monoisotopic (exact) mass is 446 g/mol. The molecule has 0 aromatic heterocycles. The normalized spacial score (nSPS) is 18.8. The standard InChI is InChI=1S/C26H26N2O5/c1-4-9-21(23(29)28-15-26(2,3)22(28)24(30)31)27-25(32)33-14-20-18-12-7-5-10-16(18)17-11-6-8-13-19(17)20/h1,5-8,10-13,20-22H,9,14-15H2,2-3H3,(H,27,32)(H,30,31). The van der Waals surface area contributed by atoms with E-state index in [1.165, 1.54) is 4.90 Å². The van der Waals surface area contributed by atoms with Gasteiger partial charge in [-0.2, -0.15) is 0 Å². The molecule has 1 heterocycles. The number of rotatable bonds is 6. The summed E-state index contributed by atoms with van der Waals surface area (Å²) in [7, 11) is 0. The highest BCUT2D eigenvalue weighted by Gasteiger charge is 2.53. The average molecular weight is 447 g/mol. The van der Waals surface area contributed by atoms with Crippen LogP contribution in [-0.4, -0.2) is 53.2 Å². The quantitative estimate of drug-likeness (QED) is 0.664. The van der Waals surface area contributed by atoms with Crippen molar-refractivity contribution < 1.29 is 24.2 Å². The molecule has 2 aromatic rings. The van der Waals surface area contributed by atoms with Crippen LogP contribution < -0.4 is 5.32 Å². The summed E-state index contributed by atoms with van der Waals surface area (Å²) in [5.41, 5.74) is 3.83. The molecule has 1 saturated heterocycles. The van der Waals surface area contributed by atoms with Crippen molar-refractivity contribution in [2.75, 3.05) is 13.2 Å². The van der Waals surface area contributed by atoms with E-state index in [1.807, 2.05) is 48.5 Å². The molecule has 0 spiro atoms. The van der Waals surface area contributed by atoms with E-state index in [0.29, 0.717) is 0 Å². The zero-order valence-corrected chi connectivity index (χ0v) is 18.6. The summed E-state index contributed by atoms with van der Waals surface area (Å²) in [6.45, 7) is 3.94. The van der Waals surface area contributed by atoms with Crippen LogP contribution in [0.1, 0.15) is 37.3 Å². The van der Waals surface area contributed by atoms with Gasteiger partial charge in [0.1, 0.15) is 18.7 Å². The van der Waals surface area contributed by atoms with Gasteiger partial charge in [0.05, 0.1) is 0 Å². The van der Waals surface area contributed by atoms with Crippen LogP contribution in [0.4, 0.5) is 4.79 Å². The number of hydrogen-bond donors (Lipinski definition) is 2. The number of amides is 2. The molecule has 2 amide bonds. The van der Waals surface area contributed by atoms with Gasteiger partial charge < -0.3 is 20.1 Å². The van der Waals surface area contributed by atoms with Crippen LogP contribution in [-0.2, 0) is 14.3 Å². The van der Waals surface area contributed by atoms with Crippen molar-refractivity contribution in [3.63, 3.8) is 0 Å². The number of nitrogens with zero attached hydrogens (tertiary/aromatic N) is 1. The number of benzene rings is 2. The second kappa shape index (κ2) is 8.62. The van der Waals surface area contributed by atoms with Gasteiger partial charge >= 0.3 is 12.1 Å². The lowest BCUT2D eigenvalue weighted by molar-refractivity contribution is -0.172. The second-order valence-corrected chi connectivity index (χ2v) is 9.13. The van der Waals surface area contributed by atoms with Crippen LogP contribution >= 0.6 is 0 Å². The number of nitrogens with one attached hydrogen (secondary N) is 1. The molecular formula is C26H26N2O5. The van der Waals surface area contributed by atoms with Gasteiger partial charge in [-0.15, -0.1) is 12.3 Å². The maximum atomic E-state index is 12.9. The number of carboxylic acid groups (broad SMARTS) is 1. The number of aliphatic carboxylic acids is 1. The Morgan fingerprint density at radius 2 is 1.73 bits per heavy atom. The second-order valence-electron chi connectivity index (χ2n) is 9.13. The number of hydrogen-bond acceptors (Lipinski definition) is 4. The molecule has 1 aliphatic carbocycles. The first-order valence-corrected chi connectivity index (χ1v) is 10.8. The van der Waals surface area contributed by atoms with Crippen molar-refractivity contribution in [2.24, 2.45) is 5.41 Å². The molecule has 2 unspecified atom stereocenters. The molecule has 1 fully saturated rings. The molecular weight excluding hydrogens is 420 g/mol. The minimum Gasteiger partial charge on any atom is -0.480 e. The first kappa shape index (κ1) is 22.4. The van der Waals surface area contributed by atoms with E-state index in [9.17, 15) is 19.5 Å². The number of carbonyl (C=O) groups excluding carboxylic acids is 2. The van der Waals surface area contributed by atoms with E-state index >= 15 is 0 Å². The van der Waals surface area contributed by atoms with Gasteiger partial charge in [0.25, 0.3) is 0 Å². The van der Waals surface area contributed by atoms with Gasteiger partial charge in [0, 0.05) is 24.3 Å². The van der Waals surface area contributed by atoms with Crippen molar-refractivity contribution in [2.45, 2.75) is 38.3 Å². The van der Waals surface area contributed by atoms with Gasteiger partial charge in [-0.3, -0.25) is 4.79 Å². The lowest BCUT2D eigenvalue weighted by atomic mass is 9.74. The van der Waals surface area contributed by atoms with E-state index in [1.54, 1.807) is 13.8 Å². The zero-order chi connectivity index (χ0) is 23.8. The molecule has 1 aliphatic heterocycles. The Kier molecular flexibility index (Phi) is 5.86. The number of terminal acetylenes is 1. The fourth-order valence-electron chi connectivity index (χ4n) is 4.90. The third-order valence-corrected chi connectivity index (χ3v) is 6.40. The molecule has 2 N–H and O–H groups in total. The Morgan fingerprint density at radius 3 is 2.24 bits per heavy atom. The van der Waals surface area contributed by atoms with Crippen molar-refractivity contribution in [3.05, 3.63) is 59.7 Å². The summed E-state index contributed by atoms with van der Waals surface area (Å²) < 4.78 is 5.51. The third kappa shape index (κ3) is 4.05. The smallest absolute Gasteiger partial charge is 0.407 e. The van der Waals surface area contributed by atoms with Crippen molar-refractivity contribution >= 4 is 18.0 Å². The molecule has 7 nitrogen and oxygen atoms in total. The SMILES string of the molecule is C#CCC(NC(=O)OCC1c2ccccc2-c2ccccc21)C(=O)N1CC(C)(C)C1C(=O)O. The summed E-state index contributed by atoms with van der Waals surface area (Å²) in [6.07, 6.45) is 4.57. The number of carbonyl (C=O) groups is 3. The molecule has 0 bridgehead atoms. The van der Waals surface area contributed by atoms with E-state index < -0.39 is 35.5 Å². The number of alkyl carbamates (subject to hydrolysis) is 1. The summed E-state index contributed by atoms with van der Waals surface area (Å²) >= 11 is 0. The zero-order valence-electron chi connectivity index (χ0n) is 18.6. The minimum absolute atomic E-state index is 0.0632. The Labute approximate surface area is 192 Å². The lowest BCUT2D eigenvalue weighted by Crippen LogP contribution is -2.69. The van der Waals surface area contributed by atoms with Crippen LogP contribution in [0.25, 0.3) is 11.1 Å². The van der Waals surface area contributed by atoms with Gasteiger partial charge in [-0.25, -0.2) is 9.59 Å². The number of likely N-dealkylation sites (tertiary alicyclic amines) is 1. The van der Waals surface area contributed by atoms with Gasteiger partial charge in [0.2, 0.25) is 5.91 Å². The Bertz CT molecular complexity index is 1100. The Balaban J connectivity index is 1.43. The van der Waals surface area contributed by atoms with E-state index in [4.69, 9.17) is 11.2 Å². The molecule has 33 heavy (non-hydrogen) atoms. The molecule has 0 saturated carbocycles. The first-order valence-electron chi connectivity index (χ1n) is 10.8. The van der Waals surface area contributed by atoms with Gasteiger partial charge in [-0.05, 0) is 22.3 Å². The topological polar surface area (TPSA) is 95.9 Å². The maximum Gasteiger partial charge on any atom is 0.407 e. The predicted octanol–water partition coefficient (Wildman–Crippen LogP) is 3.24. The summed E-state index contributed by atoms with van der Waals surface area (Å²) in [5, 5.41) is 12.0. The van der Waals surface area contributed by atoms with Crippen LogP contribution in [0.2, 0.25) is 0 Å². The highest BCUT2D eigenvalue weighted by Crippen LogP contribution is 2.44. The fraction of sp³-hybridized carbons (Fsp3) is 0.346. The lowest BCUT2D eigenvalue weighted by Gasteiger charge is -2.52. The van der Waals surface area contributed by atoms with Crippen LogP contribution in [0, 0.1) is 17.8 Å². The number of ether oxygens (including phenoxy) is 1. The molecule has 4 rings (SSSR count). The number of fused-ring (bicyclic) bond motifs is 3. The molecule has 0 radical (unpaired) electrons. The summed E-state index contributed by atoms with van der Waals surface area (Å²) in [4.78, 5) is 38.4. The van der Waals surface area contributed by atoms with Crippen LogP contribution in [0.15, 0.2) is 48.5 Å². The summed E-state index contributed by atoms with van der Waals surface area (Å²) in [6, 6.07) is 14.0. The fourth-order valence-corrected chi connectivity index (χ4v) is 4.90. The van der Waals surface area contributed by atoms with E-state index in [0.717, 1.165) is 22.3 Å². The van der Waals surface area contributed by atoms with E-state index in [-0.39, 0.29) is 25.5 Å². The molecule has 2 aromatic carbocycles. The van der Waals surface area contributed by atoms with Gasteiger partial charge in [0.15, 0.2) is 0 Å². The van der Waals surface area contributed by atoms with Crippen molar-refractivity contribution in [1.29, 1.82) is 0 Å². The minimum atomic E-state index is -1.08. The van der Waals surface area contributed by atoms with Crippen molar-refractivity contribution in [1.82, 2.24) is 10.2 Å².